The highest BCUT2D eigenvalue weighted by Crippen LogP contribution is 2.17. The molecule has 2 aromatic rings. The molecule has 1 unspecified atom stereocenters. The second-order valence-electron chi connectivity index (χ2n) is 6.52. The first-order chi connectivity index (χ1) is 12.7. The number of nitrogens with one attached hydrogen (secondary N) is 1. The molecule has 0 spiro atoms. The molecule has 0 aliphatic rings. The zero-order valence-electron chi connectivity index (χ0n) is 15.9. The summed E-state index contributed by atoms with van der Waals surface area (Å²) in [5.74, 6) is 0.332. The van der Waals surface area contributed by atoms with Gasteiger partial charge < -0.3 is 9.47 Å². The minimum Gasteiger partial charge on any atom is -0.497 e. The van der Waals surface area contributed by atoms with E-state index in [-0.39, 0.29) is 11.5 Å². The van der Waals surface area contributed by atoms with E-state index in [1.54, 1.807) is 12.1 Å². The predicted molar refractivity (Wildman–Crippen MR) is 103 cm³/mol. The van der Waals surface area contributed by atoms with Gasteiger partial charge in [-0.05, 0) is 48.2 Å². The largest absolute Gasteiger partial charge is 0.497 e. The Balaban J connectivity index is 1.93. The maximum Gasteiger partial charge on any atom is 0.324 e. The molecular formula is C20H25NO5S. The number of benzene rings is 2. The number of hydrogen-bond donors (Lipinski definition) is 1. The van der Waals surface area contributed by atoms with E-state index in [9.17, 15) is 13.2 Å². The van der Waals surface area contributed by atoms with E-state index in [4.69, 9.17) is 9.47 Å². The van der Waals surface area contributed by atoms with Gasteiger partial charge in [0.05, 0.1) is 12.0 Å². The molecule has 0 heterocycles. The Morgan fingerprint density at radius 2 is 1.59 bits per heavy atom. The molecule has 0 fully saturated rings. The second kappa shape index (κ2) is 9.01. The molecule has 7 heteroatoms. The lowest BCUT2D eigenvalue weighted by Crippen LogP contribution is -2.39. The van der Waals surface area contributed by atoms with Crippen molar-refractivity contribution in [1.82, 2.24) is 4.72 Å². The fourth-order valence-corrected chi connectivity index (χ4v) is 3.57. The Labute approximate surface area is 160 Å². The molecule has 27 heavy (non-hydrogen) atoms. The number of esters is 1. The van der Waals surface area contributed by atoms with Gasteiger partial charge in [-0.3, -0.25) is 4.79 Å². The minimum atomic E-state index is -3.83. The Morgan fingerprint density at radius 3 is 2.11 bits per heavy atom. The molecule has 0 bridgehead atoms. The second-order valence-corrected chi connectivity index (χ2v) is 8.24. The maximum absolute atomic E-state index is 12.4. The third-order valence-corrected chi connectivity index (χ3v) is 5.64. The van der Waals surface area contributed by atoms with Crippen LogP contribution in [0.25, 0.3) is 0 Å². The lowest BCUT2D eigenvalue weighted by atomic mass is 10.0. The molecule has 1 N–H and O–H groups in total. The summed E-state index contributed by atoms with van der Waals surface area (Å²) in [6, 6.07) is 12.7. The summed E-state index contributed by atoms with van der Waals surface area (Å²) in [6.07, 6.45) is 0. The average Bonchev–Trinajstić information content (AvgIpc) is 2.66. The van der Waals surface area contributed by atoms with Crippen LogP contribution in [0.5, 0.6) is 5.75 Å². The van der Waals surface area contributed by atoms with E-state index in [2.05, 4.69) is 18.6 Å². The quantitative estimate of drug-likeness (QED) is 0.699. The van der Waals surface area contributed by atoms with Gasteiger partial charge in [0.1, 0.15) is 18.4 Å². The monoisotopic (exact) mass is 391 g/mol. The smallest absolute Gasteiger partial charge is 0.324 e. The average molecular weight is 391 g/mol. The van der Waals surface area contributed by atoms with Crippen molar-refractivity contribution in [1.29, 1.82) is 0 Å². The van der Waals surface area contributed by atoms with Crippen molar-refractivity contribution in [3.8, 4) is 5.75 Å². The zero-order chi connectivity index (χ0) is 20.0. The Kier molecular flexibility index (Phi) is 6.98. The zero-order valence-corrected chi connectivity index (χ0v) is 16.7. The van der Waals surface area contributed by atoms with E-state index in [1.807, 2.05) is 24.3 Å². The molecular weight excluding hydrogens is 366 g/mol. The first-order valence-electron chi connectivity index (χ1n) is 8.65. The molecule has 0 radical (unpaired) electrons. The number of hydrogen-bond acceptors (Lipinski definition) is 5. The summed E-state index contributed by atoms with van der Waals surface area (Å²) >= 11 is 0. The normalized spacial score (nSPS) is 12.6. The number of ether oxygens (including phenoxy) is 2. The number of methoxy groups -OCH3 is 1. The van der Waals surface area contributed by atoms with Gasteiger partial charge in [0, 0.05) is 0 Å². The number of carbonyl (C=O) groups is 1. The lowest BCUT2D eigenvalue weighted by Gasteiger charge is -2.14. The van der Waals surface area contributed by atoms with Crippen LogP contribution in [0, 0.1) is 0 Å². The number of rotatable bonds is 8. The molecule has 0 saturated carbocycles. The van der Waals surface area contributed by atoms with Crippen molar-refractivity contribution >= 4 is 16.0 Å². The van der Waals surface area contributed by atoms with Crippen LogP contribution >= 0.6 is 0 Å². The van der Waals surface area contributed by atoms with Crippen LogP contribution in [0.4, 0.5) is 0 Å². The Bertz CT molecular complexity index is 858. The molecule has 0 saturated heterocycles. The maximum atomic E-state index is 12.4. The van der Waals surface area contributed by atoms with Gasteiger partial charge in [-0.1, -0.05) is 38.1 Å². The van der Waals surface area contributed by atoms with Crippen LogP contribution in [0.3, 0.4) is 0 Å². The molecule has 0 aliphatic carbocycles. The van der Waals surface area contributed by atoms with Gasteiger partial charge in [-0.15, -0.1) is 0 Å². The van der Waals surface area contributed by atoms with Crippen molar-refractivity contribution in [3.05, 3.63) is 59.7 Å². The summed E-state index contributed by atoms with van der Waals surface area (Å²) < 4.78 is 37.3. The van der Waals surface area contributed by atoms with Crippen LogP contribution < -0.4 is 9.46 Å². The Morgan fingerprint density at radius 1 is 1.00 bits per heavy atom. The molecule has 2 rings (SSSR count). The molecule has 146 valence electrons. The third-order valence-electron chi connectivity index (χ3n) is 4.08. The van der Waals surface area contributed by atoms with Crippen molar-refractivity contribution in [2.24, 2.45) is 0 Å². The van der Waals surface area contributed by atoms with Gasteiger partial charge in [0.15, 0.2) is 0 Å². The topological polar surface area (TPSA) is 81.7 Å². The first-order valence-corrected chi connectivity index (χ1v) is 10.1. The van der Waals surface area contributed by atoms with Crippen molar-refractivity contribution in [3.63, 3.8) is 0 Å². The standard InChI is InChI=1S/C20H25NO5S/c1-14(2)17-7-5-16(6-8-17)13-26-20(22)15(3)21-27(23,24)19-11-9-18(25-4)10-12-19/h5-12,14-15,21H,13H2,1-4H3. The first kappa shape index (κ1) is 20.9. The summed E-state index contributed by atoms with van der Waals surface area (Å²) in [6.45, 7) is 5.74. The van der Waals surface area contributed by atoms with Crippen LogP contribution in [0.15, 0.2) is 53.4 Å². The highest BCUT2D eigenvalue weighted by atomic mass is 32.2. The summed E-state index contributed by atoms with van der Waals surface area (Å²) in [5.41, 5.74) is 2.05. The van der Waals surface area contributed by atoms with Crippen LogP contribution in [0.2, 0.25) is 0 Å². The summed E-state index contributed by atoms with van der Waals surface area (Å²) in [5, 5.41) is 0. The van der Waals surface area contributed by atoms with Crippen LogP contribution in [-0.2, 0) is 26.2 Å². The predicted octanol–water partition coefficient (Wildman–Crippen LogP) is 3.23. The highest BCUT2D eigenvalue weighted by Gasteiger charge is 2.23. The van der Waals surface area contributed by atoms with Gasteiger partial charge >= 0.3 is 5.97 Å². The third kappa shape index (κ3) is 5.80. The molecule has 0 aliphatic heterocycles. The number of carbonyl (C=O) groups excluding carboxylic acids is 1. The summed E-state index contributed by atoms with van der Waals surface area (Å²) in [4.78, 5) is 12.2. The molecule has 1 atom stereocenters. The summed E-state index contributed by atoms with van der Waals surface area (Å²) in [7, 11) is -2.34. The molecule has 0 aromatic heterocycles. The van der Waals surface area contributed by atoms with E-state index in [1.165, 1.54) is 31.7 Å². The van der Waals surface area contributed by atoms with E-state index in [0.717, 1.165) is 5.56 Å². The van der Waals surface area contributed by atoms with Crippen molar-refractivity contribution in [2.45, 2.75) is 44.2 Å². The fourth-order valence-electron chi connectivity index (χ4n) is 2.38. The van der Waals surface area contributed by atoms with Gasteiger partial charge in [0.2, 0.25) is 10.0 Å². The van der Waals surface area contributed by atoms with E-state index < -0.39 is 22.0 Å². The van der Waals surface area contributed by atoms with Crippen LogP contribution in [0.1, 0.15) is 37.8 Å². The van der Waals surface area contributed by atoms with E-state index >= 15 is 0 Å². The van der Waals surface area contributed by atoms with Crippen molar-refractivity contribution < 1.29 is 22.7 Å². The molecule has 6 nitrogen and oxygen atoms in total. The number of sulfonamides is 1. The van der Waals surface area contributed by atoms with Gasteiger partial charge in [0.25, 0.3) is 0 Å². The molecule has 0 amide bonds. The van der Waals surface area contributed by atoms with Gasteiger partial charge in [-0.2, -0.15) is 4.72 Å². The SMILES string of the molecule is COc1ccc(S(=O)(=O)NC(C)C(=O)OCc2ccc(C(C)C)cc2)cc1. The van der Waals surface area contributed by atoms with Gasteiger partial charge in [-0.25, -0.2) is 8.42 Å². The minimum absolute atomic E-state index is 0.0484. The van der Waals surface area contributed by atoms with Crippen molar-refractivity contribution in [2.75, 3.05) is 7.11 Å². The fraction of sp³-hybridized carbons (Fsp3) is 0.350. The van der Waals surface area contributed by atoms with Crippen LogP contribution in [-0.4, -0.2) is 27.5 Å². The van der Waals surface area contributed by atoms with E-state index in [0.29, 0.717) is 11.7 Å². The molecule has 2 aromatic carbocycles. The Hall–Kier alpha value is -2.38. The highest BCUT2D eigenvalue weighted by molar-refractivity contribution is 7.89. The lowest BCUT2D eigenvalue weighted by molar-refractivity contribution is -0.146.